The summed E-state index contributed by atoms with van der Waals surface area (Å²) < 4.78 is 16.9. The number of esters is 1. The zero-order chi connectivity index (χ0) is 22.8. The van der Waals surface area contributed by atoms with Crippen molar-refractivity contribution in [2.24, 2.45) is 0 Å². The van der Waals surface area contributed by atoms with Crippen LogP contribution in [0.1, 0.15) is 19.8 Å². The van der Waals surface area contributed by atoms with E-state index in [1.54, 1.807) is 24.4 Å². The van der Waals surface area contributed by atoms with E-state index in [1.807, 2.05) is 18.2 Å². The van der Waals surface area contributed by atoms with Gasteiger partial charge in [-0.05, 0) is 31.2 Å². The number of hydrogen-bond donors (Lipinski definition) is 0. The highest BCUT2D eigenvalue weighted by atomic mass is 16.5. The number of nitrogens with zero attached hydrogens (tertiary/aromatic N) is 4. The topological polar surface area (TPSA) is 108 Å². The number of Topliss-reactive ketones (excluding diaryl/α,β-unsaturated/α-hetero) is 1. The molecule has 1 fully saturated rings. The number of morpholine rings is 1. The molecule has 3 aromatic heterocycles. The molecule has 0 unspecified atom stereocenters. The van der Waals surface area contributed by atoms with Crippen molar-refractivity contribution >= 4 is 39.8 Å². The SMILES string of the molecule is CC(=O)CCC(=O)Oc1cccc(-c2nc(N3CCOCC3)c3oc4ncccc4c3n2)c1. The third-order valence-electron chi connectivity index (χ3n) is 5.39. The van der Waals surface area contributed by atoms with E-state index < -0.39 is 5.97 Å². The van der Waals surface area contributed by atoms with Crippen LogP contribution in [0.3, 0.4) is 0 Å². The maximum Gasteiger partial charge on any atom is 0.311 e. The lowest BCUT2D eigenvalue weighted by molar-refractivity contribution is -0.135. The van der Waals surface area contributed by atoms with Crippen molar-refractivity contribution in [1.82, 2.24) is 15.0 Å². The molecule has 5 rings (SSSR count). The second-order valence-corrected chi connectivity index (χ2v) is 7.81. The number of benzene rings is 1. The van der Waals surface area contributed by atoms with Gasteiger partial charge in [0.2, 0.25) is 5.71 Å². The molecule has 0 spiro atoms. The zero-order valence-electron chi connectivity index (χ0n) is 18.1. The van der Waals surface area contributed by atoms with Gasteiger partial charge in [0.25, 0.3) is 0 Å². The lowest BCUT2D eigenvalue weighted by Crippen LogP contribution is -2.37. The number of aromatic nitrogens is 3. The second-order valence-electron chi connectivity index (χ2n) is 7.81. The monoisotopic (exact) mass is 446 g/mol. The van der Waals surface area contributed by atoms with Crippen LogP contribution >= 0.6 is 0 Å². The number of carbonyl (C=O) groups is 2. The molecule has 1 saturated heterocycles. The van der Waals surface area contributed by atoms with Gasteiger partial charge in [-0.15, -0.1) is 0 Å². The average Bonchev–Trinajstić information content (AvgIpc) is 3.21. The van der Waals surface area contributed by atoms with Gasteiger partial charge in [0.1, 0.15) is 17.0 Å². The molecule has 0 bridgehead atoms. The van der Waals surface area contributed by atoms with Crippen LogP contribution in [0, 0.1) is 0 Å². The van der Waals surface area contributed by atoms with Crippen LogP contribution in [-0.4, -0.2) is 53.0 Å². The van der Waals surface area contributed by atoms with Gasteiger partial charge in [0.15, 0.2) is 17.2 Å². The normalized spacial score (nSPS) is 14.0. The summed E-state index contributed by atoms with van der Waals surface area (Å²) >= 11 is 0. The number of anilines is 1. The van der Waals surface area contributed by atoms with Gasteiger partial charge in [-0.25, -0.2) is 15.0 Å². The minimum Gasteiger partial charge on any atom is -0.432 e. The van der Waals surface area contributed by atoms with Crippen molar-refractivity contribution in [3.63, 3.8) is 0 Å². The molecule has 0 N–H and O–H groups in total. The molecule has 1 aliphatic rings. The predicted octanol–water partition coefficient (Wildman–Crippen LogP) is 3.55. The van der Waals surface area contributed by atoms with E-state index in [0.29, 0.717) is 66.1 Å². The van der Waals surface area contributed by atoms with Crippen LogP contribution in [0.5, 0.6) is 5.75 Å². The Hall–Kier alpha value is -3.85. The first-order chi connectivity index (χ1) is 16.1. The van der Waals surface area contributed by atoms with Crippen molar-refractivity contribution < 1.29 is 23.5 Å². The molecule has 9 heteroatoms. The first kappa shape index (κ1) is 21.0. The molecule has 1 aliphatic heterocycles. The Balaban J connectivity index is 1.56. The zero-order valence-corrected chi connectivity index (χ0v) is 18.1. The summed E-state index contributed by atoms with van der Waals surface area (Å²) in [5.74, 6) is 1.02. The van der Waals surface area contributed by atoms with Crippen LogP contribution in [0.4, 0.5) is 5.82 Å². The highest BCUT2D eigenvalue weighted by molar-refractivity contribution is 6.05. The fraction of sp³-hybridized carbons (Fsp3) is 0.292. The predicted molar refractivity (Wildman–Crippen MR) is 121 cm³/mol. The molecular formula is C24H22N4O5. The quantitative estimate of drug-likeness (QED) is 0.324. The van der Waals surface area contributed by atoms with Gasteiger partial charge in [-0.3, -0.25) is 4.79 Å². The number of hydrogen-bond acceptors (Lipinski definition) is 9. The van der Waals surface area contributed by atoms with E-state index in [2.05, 4.69) is 9.88 Å². The third-order valence-corrected chi connectivity index (χ3v) is 5.39. The molecule has 0 saturated carbocycles. The van der Waals surface area contributed by atoms with E-state index in [9.17, 15) is 9.59 Å². The van der Waals surface area contributed by atoms with Gasteiger partial charge in [0, 0.05) is 31.3 Å². The lowest BCUT2D eigenvalue weighted by Gasteiger charge is -2.27. The summed E-state index contributed by atoms with van der Waals surface area (Å²) in [6, 6.07) is 10.8. The van der Waals surface area contributed by atoms with Crippen LogP contribution < -0.4 is 9.64 Å². The van der Waals surface area contributed by atoms with E-state index in [0.717, 1.165) is 5.39 Å². The first-order valence-corrected chi connectivity index (χ1v) is 10.8. The van der Waals surface area contributed by atoms with Gasteiger partial charge in [0.05, 0.1) is 25.0 Å². The molecule has 0 aliphatic carbocycles. The molecule has 0 amide bonds. The van der Waals surface area contributed by atoms with Crippen LogP contribution in [-0.2, 0) is 14.3 Å². The molecule has 1 aromatic carbocycles. The highest BCUT2D eigenvalue weighted by Crippen LogP contribution is 2.34. The van der Waals surface area contributed by atoms with Crippen molar-refractivity contribution in [2.75, 3.05) is 31.2 Å². The van der Waals surface area contributed by atoms with E-state index in [1.165, 1.54) is 6.92 Å². The van der Waals surface area contributed by atoms with Crippen molar-refractivity contribution in [1.29, 1.82) is 0 Å². The summed E-state index contributed by atoms with van der Waals surface area (Å²) in [4.78, 5) is 39.2. The fourth-order valence-electron chi connectivity index (χ4n) is 3.74. The number of ether oxygens (including phenoxy) is 2. The fourth-order valence-corrected chi connectivity index (χ4v) is 3.74. The molecular weight excluding hydrogens is 424 g/mol. The molecule has 4 heterocycles. The number of ketones is 1. The summed E-state index contributed by atoms with van der Waals surface area (Å²) in [5, 5.41) is 0.803. The van der Waals surface area contributed by atoms with E-state index in [4.69, 9.17) is 23.9 Å². The molecule has 0 radical (unpaired) electrons. The highest BCUT2D eigenvalue weighted by Gasteiger charge is 2.23. The van der Waals surface area contributed by atoms with Gasteiger partial charge < -0.3 is 23.6 Å². The summed E-state index contributed by atoms with van der Waals surface area (Å²) in [6.07, 6.45) is 1.87. The number of furan rings is 1. The Morgan fingerprint density at radius 2 is 1.94 bits per heavy atom. The maximum atomic E-state index is 12.1. The minimum atomic E-state index is -0.459. The van der Waals surface area contributed by atoms with Crippen LogP contribution in [0.25, 0.3) is 33.6 Å². The summed E-state index contributed by atoms with van der Waals surface area (Å²) in [6.45, 7) is 4.02. The Kier molecular flexibility index (Phi) is 5.70. The number of fused-ring (bicyclic) bond motifs is 3. The molecule has 168 valence electrons. The Bertz CT molecular complexity index is 1340. The van der Waals surface area contributed by atoms with Gasteiger partial charge in [-0.1, -0.05) is 12.1 Å². The second kappa shape index (κ2) is 8.95. The number of carbonyl (C=O) groups excluding carboxylic acids is 2. The number of rotatable bonds is 6. The molecule has 9 nitrogen and oxygen atoms in total. The first-order valence-electron chi connectivity index (χ1n) is 10.8. The smallest absolute Gasteiger partial charge is 0.311 e. The Morgan fingerprint density at radius 1 is 1.09 bits per heavy atom. The largest absolute Gasteiger partial charge is 0.432 e. The standard InChI is InChI=1S/C24H22N4O5/c1-15(29)7-8-19(30)32-17-5-2-4-16(14-17)22-26-20-18-6-3-9-25-24(18)33-21(20)23(27-22)28-10-12-31-13-11-28/h2-6,9,14H,7-8,10-13H2,1H3. The summed E-state index contributed by atoms with van der Waals surface area (Å²) in [7, 11) is 0. The van der Waals surface area contributed by atoms with Gasteiger partial charge in [-0.2, -0.15) is 0 Å². The number of pyridine rings is 1. The maximum absolute atomic E-state index is 12.1. The molecule has 0 atom stereocenters. The Labute approximate surface area is 189 Å². The van der Waals surface area contributed by atoms with Crippen molar-refractivity contribution in [2.45, 2.75) is 19.8 Å². The minimum absolute atomic E-state index is 0.0389. The Morgan fingerprint density at radius 3 is 2.76 bits per heavy atom. The van der Waals surface area contributed by atoms with Crippen LogP contribution in [0.15, 0.2) is 47.0 Å². The molecule has 4 aromatic rings. The van der Waals surface area contributed by atoms with Crippen LogP contribution in [0.2, 0.25) is 0 Å². The van der Waals surface area contributed by atoms with Crippen molar-refractivity contribution in [3.8, 4) is 17.1 Å². The van der Waals surface area contributed by atoms with E-state index in [-0.39, 0.29) is 18.6 Å². The summed E-state index contributed by atoms with van der Waals surface area (Å²) in [5.41, 5.74) is 2.46. The lowest BCUT2D eigenvalue weighted by atomic mass is 10.2. The van der Waals surface area contributed by atoms with E-state index >= 15 is 0 Å². The average molecular weight is 446 g/mol. The van der Waals surface area contributed by atoms with Crippen molar-refractivity contribution in [3.05, 3.63) is 42.6 Å². The third kappa shape index (κ3) is 4.40. The molecule has 33 heavy (non-hydrogen) atoms. The van der Waals surface area contributed by atoms with Gasteiger partial charge >= 0.3 is 5.97 Å².